The van der Waals surface area contributed by atoms with Gasteiger partial charge in [0.1, 0.15) is 0 Å². The molecule has 1 atom stereocenters. The van der Waals surface area contributed by atoms with Gasteiger partial charge in [-0.2, -0.15) is 0 Å². The molecule has 0 saturated heterocycles. The first-order chi connectivity index (χ1) is 8.56. The SMILES string of the molecule is C[C@@H](O)c1ccnc(Oc2ccc(Br)cc2F)c1. The summed E-state index contributed by atoms with van der Waals surface area (Å²) in [6.45, 7) is 1.64. The van der Waals surface area contributed by atoms with Crippen LogP contribution in [0.2, 0.25) is 0 Å². The van der Waals surface area contributed by atoms with Crippen LogP contribution in [0.4, 0.5) is 4.39 Å². The zero-order valence-corrected chi connectivity index (χ0v) is 11.2. The van der Waals surface area contributed by atoms with Crippen molar-refractivity contribution < 1.29 is 14.2 Å². The molecule has 0 saturated carbocycles. The second-order valence-electron chi connectivity index (χ2n) is 3.78. The fraction of sp³-hybridized carbons (Fsp3) is 0.154. The van der Waals surface area contributed by atoms with Crippen LogP contribution in [0.1, 0.15) is 18.6 Å². The maximum atomic E-state index is 13.6. The van der Waals surface area contributed by atoms with Crippen molar-refractivity contribution in [3.63, 3.8) is 0 Å². The number of pyridine rings is 1. The molecule has 0 radical (unpaired) electrons. The van der Waals surface area contributed by atoms with E-state index >= 15 is 0 Å². The van der Waals surface area contributed by atoms with Crippen LogP contribution in [-0.4, -0.2) is 10.1 Å². The number of rotatable bonds is 3. The van der Waals surface area contributed by atoms with E-state index in [1.54, 1.807) is 25.1 Å². The highest BCUT2D eigenvalue weighted by Gasteiger charge is 2.08. The van der Waals surface area contributed by atoms with E-state index in [2.05, 4.69) is 20.9 Å². The number of aliphatic hydroxyl groups excluding tert-OH is 1. The minimum absolute atomic E-state index is 0.0912. The van der Waals surface area contributed by atoms with Crippen molar-refractivity contribution in [2.75, 3.05) is 0 Å². The van der Waals surface area contributed by atoms with Gasteiger partial charge in [0.15, 0.2) is 11.6 Å². The van der Waals surface area contributed by atoms with Gasteiger partial charge in [0, 0.05) is 16.7 Å². The Bertz CT molecular complexity index is 560. The van der Waals surface area contributed by atoms with E-state index in [0.717, 1.165) is 0 Å². The lowest BCUT2D eigenvalue weighted by molar-refractivity contribution is 0.198. The van der Waals surface area contributed by atoms with Gasteiger partial charge in [-0.05, 0) is 36.8 Å². The number of hydrogen-bond acceptors (Lipinski definition) is 3. The molecule has 0 aliphatic rings. The van der Waals surface area contributed by atoms with E-state index in [9.17, 15) is 9.50 Å². The summed E-state index contributed by atoms with van der Waals surface area (Å²) >= 11 is 3.17. The maximum absolute atomic E-state index is 13.6. The first-order valence-corrected chi connectivity index (χ1v) is 6.12. The second kappa shape index (κ2) is 5.46. The highest BCUT2D eigenvalue weighted by atomic mass is 79.9. The Morgan fingerprint density at radius 3 is 2.78 bits per heavy atom. The molecule has 5 heteroatoms. The van der Waals surface area contributed by atoms with Gasteiger partial charge in [-0.25, -0.2) is 9.37 Å². The van der Waals surface area contributed by atoms with Crippen LogP contribution in [0.15, 0.2) is 41.0 Å². The predicted molar refractivity (Wildman–Crippen MR) is 69.0 cm³/mol. The number of nitrogens with zero attached hydrogens (tertiary/aromatic N) is 1. The molecule has 1 aromatic heterocycles. The van der Waals surface area contributed by atoms with Gasteiger partial charge < -0.3 is 9.84 Å². The molecule has 0 spiro atoms. The number of aliphatic hydroxyl groups is 1. The second-order valence-corrected chi connectivity index (χ2v) is 4.70. The molecule has 1 N–H and O–H groups in total. The van der Waals surface area contributed by atoms with E-state index in [-0.39, 0.29) is 11.6 Å². The summed E-state index contributed by atoms with van der Waals surface area (Å²) in [6.07, 6.45) is 0.888. The van der Waals surface area contributed by atoms with Crippen LogP contribution >= 0.6 is 15.9 Å². The largest absolute Gasteiger partial charge is 0.436 e. The Morgan fingerprint density at radius 1 is 1.33 bits per heavy atom. The smallest absolute Gasteiger partial charge is 0.219 e. The number of aromatic nitrogens is 1. The molecule has 1 heterocycles. The van der Waals surface area contributed by atoms with Crippen LogP contribution in [0.25, 0.3) is 0 Å². The standard InChI is InChI=1S/C13H11BrFNO2/c1-8(17)9-4-5-16-13(6-9)18-12-3-2-10(14)7-11(12)15/h2-8,17H,1H3/t8-/m1/s1. The summed E-state index contributed by atoms with van der Waals surface area (Å²) in [5.74, 6) is -0.142. The topological polar surface area (TPSA) is 42.4 Å². The molecule has 0 amide bonds. The van der Waals surface area contributed by atoms with Gasteiger partial charge in [-0.15, -0.1) is 0 Å². The predicted octanol–water partition coefficient (Wildman–Crippen LogP) is 3.83. The van der Waals surface area contributed by atoms with E-state index < -0.39 is 11.9 Å². The van der Waals surface area contributed by atoms with E-state index in [4.69, 9.17) is 4.74 Å². The third kappa shape index (κ3) is 3.05. The van der Waals surface area contributed by atoms with E-state index in [1.165, 1.54) is 18.3 Å². The maximum Gasteiger partial charge on any atom is 0.219 e. The summed E-state index contributed by atoms with van der Waals surface area (Å²) in [6, 6.07) is 7.75. The number of benzene rings is 1. The van der Waals surface area contributed by atoms with Crippen molar-refractivity contribution >= 4 is 15.9 Å². The molecule has 0 bridgehead atoms. The van der Waals surface area contributed by atoms with Crippen molar-refractivity contribution in [1.82, 2.24) is 4.98 Å². The normalized spacial score (nSPS) is 12.2. The molecule has 0 aliphatic heterocycles. The van der Waals surface area contributed by atoms with Crippen LogP contribution in [0, 0.1) is 5.82 Å². The molecule has 0 unspecified atom stereocenters. The average molecular weight is 312 g/mol. The monoisotopic (exact) mass is 311 g/mol. The molecule has 2 aromatic rings. The molecule has 1 aromatic carbocycles. The summed E-state index contributed by atoms with van der Waals surface area (Å²) < 4.78 is 19.5. The van der Waals surface area contributed by atoms with Crippen molar-refractivity contribution in [1.29, 1.82) is 0 Å². The van der Waals surface area contributed by atoms with Crippen LogP contribution in [-0.2, 0) is 0 Å². The van der Waals surface area contributed by atoms with Crippen LogP contribution in [0.5, 0.6) is 11.6 Å². The number of ether oxygens (including phenoxy) is 1. The molecule has 0 fully saturated rings. The number of halogens is 2. The molecule has 18 heavy (non-hydrogen) atoms. The van der Waals surface area contributed by atoms with Gasteiger partial charge in [-0.3, -0.25) is 0 Å². The number of hydrogen-bond donors (Lipinski definition) is 1. The summed E-state index contributed by atoms with van der Waals surface area (Å²) in [5.41, 5.74) is 0.664. The molecule has 2 rings (SSSR count). The van der Waals surface area contributed by atoms with Crippen molar-refractivity contribution in [3.05, 3.63) is 52.4 Å². The Kier molecular flexibility index (Phi) is 3.93. The third-order valence-corrected chi connectivity index (χ3v) is 2.84. The lowest BCUT2D eigenvalue weighted by atomic mass is 10.2. The van der Waals surface area contributed by atoms with Crippen LogP contribution < -0.4 is 4.74 Å². The van der Waals surface area contributed by atoms with Gasteiger partial charge in [0.25, 0.3) is 0 Å². The molecule has 0 aliphatic carbocycles. The first-order valence-electron chi connectivity index (χ1n) is 5.33. The van der Waals surface area contributed by atoms with Crippen molar-refractivity contribution in [3.8, 4) is 11.6 Å². The Labute approximate surface area is 112 Å². The quantitative estimate of drug-likeness (QED) is 0.936. The van der Waals surface area contributed by atoms with Gasteiger partial charge in [-0.1, -0.05) is 15.9 Å². The fourth-order valence-electron chi connectivity index (χ4n) is 1.41. The Hall–Kier alpha value is -1.46. The highest BCUT2D eigenvalue weighted by Crippen LogP contribution is 2.26. The summed E-state index contributed by atoms with van der Waals surface area (Å²) in [7, 11) is 0. The van der Waals surface area contributed by atoms with Gasteiger partial charge in [0.05, 0.1) is 6.10 Å². The molecule has 3 nitrogen and oxygen atoms in total. The van der Waals surface area contributed by atoms with E-state index in [0.29, 0.717) is 10.0 Å². The van der Waals surface area contributed by atoms with Gasteiger partial charge >= 0.3 is 0 Å². The zero-order chi connectivity index (χ0) is 13.1. The van der Waals surface area contributed by atoms with Crippen molar-refractivity contribution in [2.24, 2.45) is 0 Å². The highest BCUT2D eigenvalue weighted by molar-refractivity contribution is 9.10. The van der Waals surface area contributed by atoms with E-state index in [1.807, 2.05) is 0 Å². The van der Waals surface area contributed by atoms with Gasteiger partial charge in [0.2, 0.25) is 5.88 Å². The lowest BCUT2D eigenvalue weighted by Gasteiger charge is -2.08. The third-order valence-electron chi connectivity index (χ3n) is 2.35. The minimum atomic E-state index is -0.620. The molecular weight excluding hydrogens is 301 g/mol. The minimum Gasteiger partial charge on any atom is -0.436 e. The molecular formula is C13H11BrFNO2. The Morgan fingerprint density at radius 2 is 2.11 bits per heavy atom. The summed E-state index contributed by atoms with van der Waals surface area (Å²) in [5, 5.41) is 9.44. The average Bonchev–Trinajstić information content (AvgIpc) is 2.33. The van der Waals surface area contributed by atoms with Crippen molar-refractivity contribution in [2.45, 2.75) is 13.0 Å². The molecule has 94 valence electrons. The fourth-order valence-corrected chi connectivity index (χ4v) is 1.74. The zero-order valence-electron chi connectivity index (χ0n) is 9.60. The lowest BCUT2D eigenvalue weighted by Crippen LogP contribution is -1.95. The first kappa shape index (κ1) is 13.0. The summed E-state index contributed by atoms with van der Waals surface area (Å²) in [4.78, 5) is 3.97. The Balaban J connectivity index is 2.25. The van der Waals surface area contributed by atoms with Crippen LogP contribution in [0.3, 0.4) is 0 Å².